The highest BCUT2D eigenvalue weighted by Crippen LogP contribution is 2.28. The van der Waals surface area contributed by atoms with E-state index < -0.39 is 8.07 Å². The SMILES string of the molecule is CCC(O)CCc1cc(CO)ccc1[Si](C)(C)CC(C)(C)C. The van der Waals surface area contributed by atoms with Crippen LogP contribution in [-0.4, -0.2) is 24.4 Å². The first-order valence-electron chi connectivity index (χ1n) is 8.50. The van der Waals surface area contributed by atoms with Gasteiger partial charge in [-0.15, -0.1) is 0 Å². The Morgan fingerprint density at radius 1 is 1.18 bits per heavy atom. The number of hydrogen-bond donors (Lipinski definition) is 2. The molecule has 1 rings (SSSR count). The molecule has 0 aliphatic rings. The molecule has 2 N–H and O–H groups in total. The van der Waals surface area contributed by atoms with Gasteiger partial charge in [0, 0.05) is 0 Å². The Bertz CT molecular complexity index is 475. The summed E-state index contributed by atoms with van der Waals surface area (Å²) >= 11 is 0. The highest BCUT2D eigenvalue weighted by atomic mass is 28.3. The summed E-state index contributed by atoms with van der Waals surface area (Å²) in [6.45, 7) is 13.9. The van der Waals surface area contributed by atoms with E-state index in [4.69, 9.17) is 0 Å². The minimum absolute atomic E-state index is 0.0882. The van der Waals surface area contributed by atoms with Crippen LogP contribution in [0.3, 0.4) is 0 Å². The van der Waals surface area contributed by atoms with Crippen LogP contribution in [-0.2, 0) is 13.0 Å². The average molecular weight is 323 g/mol. The zero-order valence-corrected chi connectivity index (χ0v) is 16.2. The van der Waals surface area contributed by atoms with Gasteiger partial charge in [0.25, 0.3) is 0 Å². The summed E-state index contributed by atoms with van der Waals surface area (Å²) in [6.07, 6.45) is 2.28. The molecule has 1 aromatic rings. The van der Waals surface area contributed by atoms with Gasteiger partial charge in [0.1, 0.15) is 0 Å². The lowest BCUT2D eigenvalue weighted by molar-refractivity contribution is 0.161. The lowest BCUT2D eigenvalue weighted by Gasteiger charge is -2.33. The summed E-state index contributed by atoms with van der Waals surface area (Å²) in [6, 6.07) is 7.68. The maximum absolute atomic E-state index is 9.89. The lowest BCUT2D eigenvalue weighted by atomic mass is 10.0. The zero-order chi connectivity index (χ0) is 17.0. The van der Waals surface area contributed by atoms with Crippen LogP contribution in [0.4, 0.5) is 0 Å². The first-order valence-corrected chi connectivity index (χ1v) is 11.7. The predicted octanol–water partition coefficient (Wildman–Crippen LogP) is 3.84. The second-order valence-corrected chi connectivity index (χ2v) is 13.0. The largest absolute Gasteiger partial charge is 0.393 e. The Hall–Kier alpha value is -0.643. The Morgan fingerprint density at radius 2 is 1.82 bits per heavy atom. The topological polar surface area (TPSA) is 40.5 Å². The molecule has 126 valence electrons. The molecule has 2 nitrogen and oxygen atoms in total. The van der Waals surface area contributed by atoms with Crippen molar-refractivity contribution in [2.24, 2.45) is 5.41 Å². The first-order chi connectivity index (χ1) is 10.1. The normalized spacial score (nSPS) is 14.2. The van der Waals surface area contributed by atoms with Crippen LogP contribution in [0.1, 0.15) is 51.7 Å². The average Bonchev–Trinajstić information content (AvgIpc) is 2.41. The van der Waals surface area contributed by atoms with Crippen LogP contribution in [0.2, 0.25) is 19.1 Å². The van der Waals surface area contributed by atoms with Crippen molar-refractivity contribution in [1.82, 2.24) is 0 Å². The predicted molar refractivity (Wildman–Crippen MR) is 98.4 cm³/mol. The maximum atomic E-state index is 9.89. The molecule has 0 radical (unpaired) electrons. The van der Waals surface area contributed by atoms with Crippen molar-refractivity contribution >= 4 is 13.3 Å². The van der Waals surface area contributed by atoms with Gasteiger partial charge in [-0.1, -0.05) is 64.2 Å². The molecule has 1 unspecified atom stereocenters. The fraction of sp³-hybridized carbons (Fsp3) is 0.684. The molecule has 0 amide bonds. The molecule has 3 heteroatoms. The summed E-state index contributed by atoms with van der Waals surface area (Å²) in [5.41, 5.74) is 2.64. The maximum Gasteiger partial charge on any atom is 0.0815 e. The van der Waals surface area contributed by atoms with Crippen LogP contribution >= 0.6 is 0 Å². The molecule has 22 heavy (non-hydrogen) atoms. The molecule has 0 aliphatic heterocycles. The van der Waals surface area contributed by atoms with Crippen LogP contribution in [0.5, 0.6) is 0 Å². The van der Waals surface area contributed by atoms with Crippen molar-refractivity contribution in [1.29, 1.82) is 0 Å². The number of rotatable bonds is 7. The van der Waals surface area contributed by atoms with Gasteiger partial charge in [-0.25, -0.2) is 0 Å². The molecular formula is C19H34O2Si. The molecule has 0 saturated carbocycles. The standard InChI is InChI=1S/C19H34O2Si/c1-7-17(21)10-9-16-12-15(13-20)8-11-18(16)22(5,6)14-19(2,3)4/h8,11-12,17,20-21H,7,9-10,13-14H2,1-6H3. The third-order valence-corrected chi connectivity index (χ3v) is 8.16. The molecule has 0 aliphatic carbocycles. The number of aryl methyl sites for hydroxylation is 1. The van der Waals surface area contributed by atoms with E-state index in [9.17, 15) is 10.2 Å². The van der Waals surface area contributed by atoms with Crippen LogP contribution in [0, 0.1) is 5.41 Å². The second-order valence-electron chi connectivity index (χ2n) is 8.37. The van der Waals surface area contributed by atoms with Gasteiger partial charge in [0.15, 0.2) is 0 Å². The number of aliphatic hydroxyl groups excluding tert-OH is 2. The minimum atomic E-state index is -1.54. The lowest BCUT2D eigenvalue weighted by Crippen LogP contribution is -2.46. The van der Waals surface area contributed by atoms with Gasteiger partial charge in [0.2, 0.25) is 0 Å². The summed E-state index contributed by atoms with van der Waals surface area (Å²) in [5.74, 6) is 0. The fourth-order valence-electron chi connectivity index (χ4n) is 3.56. The van der Waals surface area contributed by atoms with E-state index in [1.165, 1.54) is 16.8 Å². The van der Waals surface area contributed by atoms with Crippen molar-refractivity contribution < 1.29 is 10.2 Å². The van der Waals surface area contributed by atoms with Gasteiger partial charge in [0.05, 0.1) is 20.8 Å². The summed E-state index contributed by atoms with van der Waals surface area (Å²) < 4.78 is 0. The van der Waals surface area contributed by atoms with Crippen molar-refractivity contribution in [3.8, 4) is 0 Å². The molecule has 0 bridgehead atoms. The third-order valence-electron chi connectivity index (χ3n) is 4.27. The van der Waals surface area contributed by atoms with Gasteiger partial charge < -0.3 is 10.2 Å². The summed E-state index contributed by atoms with van der Waals surface area (Å²) in [5, 5.41) is 20.8. The highest BCUT2D eigenvalue weighted by Gasteiger charge is 2.31. The van der Waals surface area contributed by atoms with E-state index >= 15 is 0 Å². The Labute approximate surface area is 137 Å². The van der Waals surface area contributed by atoms with E-state index in [-0.39, 0.29) is 12.7 Å². The number of hydrogen-bond acceptors (Lipinski definition) is 2. The number of benzene rings is 1. The van der Waals surface area contributed by atoms with Crippen LogP contribution in [0.25, 0.3) is 0 Å². The van der Waals surface area contributed by atoms with E-state index in [0.717, 1.165) is 24.8 Å². The van der Waals surface area contributed by atoms with Gasteiger partial charge in [-0.2, -0.15) is 0 Å². The zero-order valence-electron chi connectivity index (χ0n) is 15.2. The van der Waals surface area contributed by atoms with E-state index in [0.29, 0.717) is 5.41 Å². The molecule has 0 heterocycles. The second kappa shape index (κ2) is 7.76. The smallest absolute Gasteiger partial charge is 0.0815 e. The van der Waals surface area contributed by atoms with Gasteiger partial charge in [-0.3, -0.25) is 0 Å². The Kier molecular flexibility index (Phi) is 6.84. The van der Waals surface area contributed by atoms with E-state index in [2.05, 4.69) is 52.1 Å². The van der Waals surface area contributed by atoms with Crippen molar-refractivity contribution in [3.63, 3.8) is 0 Å². The molecular weight excluding hydrogens is 288 g/mol. The van der Waals surface area contributed by atoms with E-state index in [1.54, 1.807) is 0 Å². The molecule has 1 atom stereocenters. The molecule has 0 spiro atoms. The fourth-order valence-corrected chi connectivity index (χ4v) is 8.00. The van der Waals surface area contributed by atoms with Gasteiger partial charge in [-0.05, 0) is 41.8 Å². The first kappa shape index (κ1) is 19.4. The van der Waals surface area contributed by atoms with Crippen molar-refractivity contribution in [2.45, 2.75) is 78.8 Å². The van der Waals surface area contributed by atoms with Crippen molar-refractivity contribution in [3.05, 3.63) is 29.3 Å². The molecule has 0 saturated heterocycles. The van der Waals surface area contributed by atoms with Crippen LogP contribution < -0.4 is 5.19 Å². The molecule has 0 aromatic heterocycles. The Morgan fingerprint density at radius 3 is 2.32 bits per heavy atom. The summed E-state index contributed by atoms with van der Waals surface area (Å²) in [7, 11) is -1.54. The Balaban J connectivity index is 3.11. The van der Waals surface area contributed by atoms with E-state index in [1.807, 2.05) is 6.92 Å². The van der Waals surface area contributed by atoms with Crippen LogP contribution in [0.15, 0.2) is 18.2 Å². The summed E-state index contributed by atoms with van der Waals surface area (Å²) in [4.78, 5) is 0. The molecule has 1 aromatic carbocycles. The monoisotopic (exact) mass is 322 g/mol. The van der Waals surface area contributed by atoms with Crippen molar-refractivity contribution in [2.75, 3.05) is 0 Å². The van der Waals surface area contributed by atoms with Gasteiger partial charge >= 0.3 is 0 Å². The molecule has 0 fully saturated rings. The minimum Gasteiger partial charge on any atom is -0.393 e. The highest BCUT2D eigenvalue weighted by molar-refractivity contribution is 6.90. The third kappa shape index (κ3) is 5.86. The number of aliphatic hydroxyl groups is 2. The quantitative estimate of drug-likeness (QED) is 0.749.